The molecule has 0 radical (unpaired) electrons. The second kappa shape index (κ2) is 5.49. The van der Waals surface area contributed by atoms with Crippen LogP contribution in [0.2, 0.25) is 0 Å². The Balaban J connectivity index is 3.20. The van der Waals surface area contributed by atoms with E-state index in [0.717, 1.165) is 13.0 Å². The van der Waals surface area contributed by atoms with Crippen LogP contribution >= 0.6 is 0 Å². The van der Waals surface area contributed by atoms with Gasteiger partial charge in [-0.25, -0.2) is 9.18 Å². The third-order valence-corrected chi connectivity index (χ3v) is 2.42. The summed E-state index contributed by atoms with van der Waals surface area (Å²) in [5.41, 5.74) is 0.217. The molecule has 3 nitrogen and oxygen atoms in total. The summed E-state index contributed by atoms with van der Waals surface area (Å²) >= 11 is 0. The number of anilines is 1. The van der Waals surface area contributed by atoms with E-state index in [1.165, 1.54) is 12.1 Å². The number of carbonyl (C=O) groups is 1. The maximum absolute atomic E-state index is 13.4. The number of rotatable bonds is 5. The van der Waals surface area contributed by atoms with Gasteiger partial charge in [-0.05, 0) is 25.5 Å². The van der Waals surface area contributed by atoms with Gasteiger partial charge >= 0.3 is 5.97 Å². The molecular formula is C12H16FNO2. The molecule has 0 unspecified atom stereocenters. The Labute approximate surface area is 94.5 Å². The summed E-state index contributed by atoms with van der Waals surface area (Å²) < 4.78 is 13.4. The van der Waals surface area contributed by atoms with E-state index in [4.69, 9.17) is 5.11 Å². The van der Waals surface area contributed by atoms with Crippen molar-refractivity contribution in [1.29, 1.82) is 0 Å². The standard InChI is InChI=1S/C12H16FNO2/c1-3-8-14(4-2)10-7-5-6-9(13)11(10)12(15)16/h5-7H,3-4,8H2,1-2H3,(H,15,16). The number of halogens is 1. The summed E-state index contributed by atoms with van der Waals surface area (Å²) in [6.07, 6.45) is 0.892. The Morgan fingerprint density at radius 1 is 1.44 bits per heavy atom. The lowest BCUT2D eigenvalue weighted by atomic mass is 10.1. The summed E-state index contributed by atoms with van der Waals surface area (Å²) in [5.74, 6) is -1.90. The van der Waals surface area contributed by atoms with Crippen LogP contribution < -0.4 is 4.90 Å². The van der Waals surface area contributed by atoms with Crippen LogP contribution in [0, 0.1) is 5.82 Å². The highest BCUT2D eigenvalue weighted by Gasteiger charge is 2.18. The number of hydrogen-bond acceptors (Lipinski definition) is 2. The van der Waals surface area contributed by atoms with Gasteiger partial charge < -0.3 is 10.0 Å². The van der Waals surface area contributed by atoms with Gasteiger partial charge in [-0.2, -0.15) is 0 Å². The normalized spacial score (nSPS) is 10.2. The predicted octanol–water partition coefficient (Wildman–Crippen LogP) is 2.76. The van der Waals surface area contributed by atoms with Crippen LogP contribution in [0.25, 0.3) is 0 Å². The zero-order valence-electron chi connectivity index (χ0n) is 9.53. The molecule has 0 heterocycles. The Bertz CT molecular complexity index is 379. The van der Waals surface area contributed by atoms with Crippen molar-refractivity contribution in [2.24, 2.45) is 0 Å². The molecule has 1 aromatic carbocycles. The molecule has 0 saturated heterocycles. The molecule has 1 rings (SSSR count). The molecule has 0 bridgehead atoms. The predicted molar refractivity (Wildman–Crippen MR) is 61.5 cm³/mol. The largest absolute Gasteiger partial charge is 0.478 e. The van der Waals surface area contributed by atoms with Gasteiger partial charge in [0.15, 0.2) is 0 Å². The maximum atomic E-state index is 13.4. The quantitative estimate of drug-likeness (QED) is 0.837. The summed E-state index contributed by atoms with van der Waals surface area (Å²) in [6.45, 7) is 5.31. The van der Waals surface area contributed by atoms with Crippen LogP contribution in [0.3, 0.4) is 0 Å². The molecule has 0 amide bonds. The fourth-order valence-electron chi connectivity index (χ4n) is 1.71. The van der Waals surface area contributed by atoms with E-state index in [-0.39, 0.29) is 5.56 Å². The van der Waals surface area contributed by atoms with Gasteiger partial charge in [0.25, 0.3) is 0 Å². The van der Waals surface area contributed by atoms with Crippen molar-refractivity contribution in [3.05, 3.63) is 29.6 Å². The number of carboxylic acids is 1. The van der Waals surface area contributed by atoms with Gasteiger partial charge in [0, 0.05) is 13.1 Å². The van der Waals surface area contributed by atoms with E-state index >= 15 is 0 Å². The Morgan fingerprint density at radius 3 is 2.62 bits per heavy atom. The molecule has 0 spiro atoms. The molecule has 1 aromatic rings. The minimum atomic E-state index is -1.22. The average molecular weight is 225 g/mol. The van der Waals surface area contributed by atoms with Crippen molar-refractivity contribution in [3.63, 3.8) is 0 Å². The van der Waals surface area contributed by atoms with E-state index in [1.54, 1.807) is 6.07 Å². The molecular weight excluding hydrogens is 209 g/mol. The van der Waals surface area contributed by atoms with Crippen LogP contribution in [0.4, 0.5) is 10.1 Å². The zero-order chi connectivity index (χ0) is 12.1. The number of hydrogen-bond donors (Lipinski definition) is 1. The Kier molecular flexibility index (Phi) is 4.28. The Hall–Kier alpha value is -1.58. The fourth-order valence-corrected chi connectivity index (χ4v) is 1.71. The smallest absolute Gasteiger partial charge is 0.340 e. The lowest BCUT2D eigenvalue weighted by Gasteiger charge is -2.24. The van der Waals surface area contributed by atoms with E-state index in [9.17, 15) is 9.18 Å². The minimum Gasteiger partial charge on any atom is -0.478 e. The Morgan fingerprint density at radius 2 is 2.12 bits per heavy atom. The summed E-state index contributed by atoms with van der Waals surface area (Å²) in [6, 6.07) is 4.36. The highest BCUT2D eigenvalue weighted by Crippen LogP contribution is 2.23. The summed E-state index contributed by atoms with van der Waals surface area (Å²) in [5, 5.41) is 8.99. The van der Waals surface area contributed by atoms with Gasteiger partial charge in [0.05, 0.1) is 5.69 Å². The molecule has 88 valence electrons. The molecule has 0 atom stereocenters. The second-order valence-corrected chi connectivity index (χ2v) is 3.52. The fraction of sp³-hybridized carbons (Fsp3) is 0.417. The van der Waals surface area contributed by atoms with Crippen LogP contribution in [0.15, 0.2) is 18.2 Å². The van der Waals surface area contributed by atoms with Gasteiger partial charge in [-0.1, -0.05) is 13.0 Å². The SMILES string of the molecule is CCCN(CC)c1cccc(F)c1C(=O)O. The molecule has 0 saturated carbocycles. The molecule has 0 aromatic heterocycles. The van der Waals surface area contributed by atoms with Crippen molar-refractivity contribution in [2.75, 3.05) is 18.0 Å². The van der Waals surface area contributed by atoms with E-state index in [1.807, 2.05) is 18.7 Å². The first-order valence-electron chi connectivity index (χ1n) is 5.38. The lowest BCUT2D eigenvalue weighted by molar-refractivity contribution is 0.0692. The van der Waals surface area contributed by atoms with Crippen LogP contribution in [0.5, 0.6) is 0 Å². The first kappa shape index (κ1) is 12.5. The first-order valence-corrected chi connectivity index (χ1v) is 5.38. The van der Waals surface area contributed by atoms with Crippen LogP contribution in [0.1, 0.15) is 30.6 Å². The topological polar surface area (TPSA) is 40.5 Å². The van der Waals surface area contributed by atoms with Crippen molar-refractivity contribution < 1.29 is 14.3 Å². The molecule has 0 fully saturated rings. The van der Waals surface area contributed by atoms with Crippen molar-refractivity contribution in [3.8, 4) is 0 Å². The lowest BCUT2D eigenvalue weighted by Crippen LogP contribution is -2.26. The second-order valence-electron chi connectivity index (χ2n) is 3.52. The first-order chi connectivity index (χ1) is 7.61. The van der Waals surface area contributed by atoms with E-state index in [2.05, 4.69) is 0 Å². The highest BCUT2D eigenvalue weighted by molar-refractivity contribution is 5.94. The highest BCUT2D eigenvalue weighted by atomic mass is 19.1. The van der Waals surface area contributed by atoms with Crippen LogP contribution in [-0.4, -0.2) is 24.2 Å². The van der Waals surface area contributed by atoms with Gasteiger partial charge in [-0.15, -0.1) is 0 Å². The monoisotopic (exact) mass is 225 g/mol. The zero-order valence-corrected chi connectivity index (χ0v) is 9.53. The molecule has 16 heavy (non-hydrogen) atoms. The third kappa shape index (κ3) is 2.51. The molecule has 4 heteroatoms. The number of benzene rings is 1. The van der Waals surface area contributed by atoms with Gasteiger partial charge in [-0.3, -0.25) is 0 Å². The van der Waals surface area contributed by atoms with Crippen molar-refractivity contribution in [2.45, 2.75) is 20.3 Å². The number of aromatic carboxylic acids is 1. The number of carboxylic acid groups (broad SMARTS) is 1. The number of nitrogens with zero attached hydrogens (tertiary/aromatic N) is 1. The van der Waals surface area contributed by atoms with Crippen LogP contribution in [-0.2, 0) is 0 Å². The van der Waals surface area contributed by atoms with Crippen molar-refractivity contribution in [1.82, 2.24) is 0 Å². The molecule has 0 aliphatic rings. The summed E-state index contributed by atoms with van der Waals surface area (Å²) in [7, 11) is 0. The summed E-state index contributed by atoms with van der Waals surface area (Å²) in [4.78, 5) is 12.9. The van der Waals surface area contributed by atoms with Gasteiger partial charge in [0.2, 0.25) is 0 Å². The molecule has 0 aliphatic heterocycles. The van der Waals surface area contributed by atoms with E-state index < -0.39 is 11.8 Å². The third-order valence-electron chi connectivity index (χ3n) is 2.42. The molecule has 1 N–H and O–H groups in total. The van der Waals surface area contributed by atoms with Gasteiger partial charge in [0.1, 0.15) is 11.4 Å². The van der Waals surface area contributed by atoms with Crippen molar-refractivity contribution >= 4 is 11.7 Å². The maximum Gasteiger partial charge on any atom is 0.340 e. The minimum absolute atomic E-state index is 0.238. The molecule has 0 aliphatic carbocycles. The van der Waals surface area contributed by atoms with E-state index in [0.29, 0.717) is 12.2 Å². The average Bonchev–Trinajstić information content (AvgIpc) is 2.25.